The summed E-state index contributed by atoms with van der Waals surface area (Å²) in [6.45, 7) is 5.65. The van der Waals surface area contributed by atoms with Crippen LogP contribution in [-0.2, 0) is 14.3 Å². The van der Waals surface area contributed by atoms with Crippen molar-refractivity contribution in [3.8, 4) is 11.5 Å². The molecule has 10 heteroatoms. The molecule has 0 radical (unpaired) electrons. The Morgan fingerprint density at radius 2 is 1.82 bits per heavy atom. The average Bonchev–Trinajstić information content (AvgIpc) is 2.78. The fraction of sp³-hybridized carbons (Fsp3) is 0.250. The predicted octanol–water partition coefficient (Wildman–Crippen LogP) is 4.09. The van der Waals surface area contributed by atoms with Crippen LogP contribution in [-0.4, -0.2) is 43.6 Å². The lowest BCUT2D eigenvalue weighted by atomic mass is 10.1. The first-order valence-electron chi connectivity index (χ1n) is 10.4. The third kappa shape index (κ3) is 5.28. The molecular formula is C24H23BrN2O7. The van der Waals surface area contributed by atoms with Crippen LogP contribution in [0.25, 0.3) is 6.08 Å². The molecule has 3 rings (SSSR count). The van der Waals surface area contributed by atoms with Crippen LogP contribution >= 0.6 is 15.9 Å². The van der Waals surface area contributed by atoms with E-state index in [1.54, 1.807) is 19.1 Å². The first kappa shape index (κ1) is 25.0. The molecule has 0 bridgehead atoms. The molecule has 0 atom stereocenters. The van der Waals surface area contributed by atoms with Crippen LogP contribution in [0.15, 0.2) is 46.4 Å². The molecule has 1 aliphatic heterocycles. The molecule has 1 aliphatic rings. The average molecular weight is 531 g/mol. The Morgan fingerprint density at radius 3 is 2.41 bits per heavy atom. The highest BCUT2D eigenvalue weighted by atomic mass is 79.9. The second-order valence-electron chi connectivity index (χ2n) is 7.43. The Kier molecular flexibility index (Phi) is 7.72. The normalized spacial score (nSPS) is 14.9. The first-order chi connectivity index (χ1) is 16.2. The SMILES string of the molecule is CCOC(=O)c1ccc(N2C(=O)NC(=O)/C(=C\c3cc(Br)c(OC(C)C)c(OC)c3)C2=O)cc1. The van der Waals surface area contributed by atoms with E-state index < -0.39 is 23.8 Å². The van der Waals surface area contributed by atoms with E-state index in [-0.39, 0.29) is 29.5 Å². The van der Waals surface area contributed by atoms with Gasteiger partial charge in [-0.05, 0) is 84.7 Å². The smallest absolute Gasteiger partial charge is 0.338 e. The highest BCUT2D eigenvalue weighted by Gasteiger charge is 2.37. The van der Waals surface area contributed by atoms with E-state index in [4.69, 9.17) is 14.2 Å². The first-order valence-corrected chi connectivity index (χ1v) is 11.2. The summed E-state index contributed by atoms with van der Waals surface area (Å²) in [4.78, 5) is 50.8. The maximum absolute atomic E-state index is 13.1. The minimum Gasteiger partial charge on any atom is -0.493 e. The van der Waals surface area contributed by atoms with Crippen LogP contribution in [0.5, 0.6) is 11.5 Å². The molecular weight excluding hydrogens is 508 g/mol. The summed E-state index contributed by atoms with van der Waals surface area (Å²) >= 11 is 3.43. The van der Waals surface area contributed by atoms with Crippen LogP contribution in [0.2, 0.25) is 0 Å². The van der Waals surface area contributed by atoms with E-state index in [9.17, 15) is 19.2 Å². The van der Waals surface area contributed by atoms with Gasteiger partial charge in [-0.1, -0.05) is 0 Å². The van der Waals surface area contributed by atoms with Crippen LogP contribution in [0.3, 0.4) is 0 Å². The number of esters is 1. The van der Waals surface area contributed by atoms with Crippen molar-refractivity contribution in [2.24, 2.45) is 0 Å². The van der Waals surface area contributed by atoms with Crippen molar-refractivity contribution in [2.45, 2.75) is 26.9 Å². The van der Waals surface area contributed by atoms with E-state index in [1.165, 1.54) is 37.5 Å². The van der Waals surface area contributed by atoms with Crippen molar-refractivity contribution in [1.29, 1.82) is 0 Å². The van der Waals surface area contributed by atoms with Gasteiger partial charge in [0.2, 0.25) is 0 Å². The van der Waals surface area contributed by atoms with Crippen molar-refractivity contribution in [3.63, 3.8) is 0 Å². The number of hydrogen-bond donors (Lipinski definition) is 1. The molecule has 2 aromatic carbocycles. The monoisotopic (exact) mass is 530 g/mol. The number of carbonyl (C=O) groups is 4. The molecule has 1 heterocycles. The summed E-state index contributed by atoms with van der Waals surface area (Å²) < 4.78 is 16.7. The van der Waals surface area contributed by atoms with Crippen molar-refractivity contribution >= 4 is 51.5 Å². The number of ether oxygens (including phenoxy) is 3. The summed E-state index contributed by atoms with van der Waals surface area (Å²) in [5.41, 5.74) is 0.683. The largest absolute Gasteiger partial charge is 0.493 e. The van der Waals surface area contributed by atoms with E-state index in [0.29, 0.717) is 21.5 Å². The standard InChI is InChI=1S/C24H23BrN2O7/c1-5-33-23(30)15-6-8-16(9-7-15)27-22(29)17(21(28)26-24(27)31)10-14-11-18(25)20(34-13(2)3)19(12-14)32-4/h6-13H,5H2,1-4H3,(H,26,28,31)/b17-10+. The number of imide groups is 2. The Morgan fingerprint density at radius 1 is 1.15 bits per heavy atom. The molecule has 4 amide bonds. The number of barbiturate groups is 1. The number of hydrogen-bond acceptors (Lipinski definition) is 7. The van der Waals surface area contributed by atoms with Gasteiger partial charge in [0.25, 0.3) is 11.8 Å². The molecule has 9 nitrogen and oxygen atoms in total. The van der Waals surface area contributed by atoms with Gasteiger partial charge in [-0.15, -0.1) is 0 Å². The minimum atomic E-state index is -0.893. The van der Waals surface area contributed by atoms with Gasteiger partial charge in [0.15, 0.2) is 11.5 Å². The van der Waals surface area contributed by atoms with Gasteiger partial charge in [-0.25, -0.2) is 14.5 Å². The number of rotatable bonds is 7. The molecule has 1 N–H and O–H groups in total. The summed E-state index contributed by atoms with van der Waals surface area (Å²) in [7, 11) is 1.48. The number of halogens is 1. The summed E-state index contributed by atoms with van der Waals surface area (Å²) in [5, 5.41) is 2.17. The summed E-state index contributed by atoms with van der Waals surface area (Å²) in [5.74, 6) is -1.27. The van der Waals surface area contributed by atoms with Crippen molar-refractivity contribution in [2.75, 3.05) is 18.6 Å². The van der Waals surface area contributed by atoms with Crippen molar-refractivity contribution in [1.82, 2.24) is 5.32 Å². The quantitative estimate of drug-likeness (QED) is 0.326. The Bertz CT molecular complexity index is 1170. The predicted molar refractivity (Wildman–Crippen MR) is 128 cm³/mol. The molecule has 0 spiro atoms. The van der Waals surface area contributed by atoms with Gasteiger partial charge in [-0.2, -0.15) is 0 Å². The van der Waals surface area contributed by atoms with Gasteiger partial charge in [-0.3, -0.25) is 14.9 Å². The van der Waals surface area contributed by atoms with Crippen LogP contribution < -0.4 is 19.7 Å². The molecule has 2 aromatic rings. The van der Waals surface area contributed by atoms with E-state index in [2.05, 4.69) is 21.2 Å². The number of nitrogens with zero attached hydrogens (tertiary/aromatic N) is 1. The van der Waals surface area contributed by atoms with Gasteiger partial charge >= 0.3 is 12.0 Å². The molecule has 0 unspecified atom stereocenters. The maximum Gasteiger partial charge on any atom is 0.338 e. The van der Waals surface area contributed by atoms with Gasteiger partial charge < -0.3 is 14.2 Å². The third-order valence-electron chi connectivity index (χ3n) is 4.65. The van der Waals surface area contributed by atoms with E-state index >= 15 is 0 Å². The lowest BCUT2D eigenvalue weighted by Gasteiger charge is -2.26. The number of urea groups is 1. The van der Waals surface area contributed by atoms with E-state index in [1.807, 2.05) is 13.8 Å². The number of anilines is 1. The fourth-order valence-electron chi connectivity index (χ4n) is 3.19. The van der Waals surface area contributed by atoms with Gasteiger partial charge in [0.05, 0.1) is 35.5 Å². The molecule has 0 aliphatic carbocycles. The number of carbonyl (C=O) groups excluding carboxylic acids is 4. The molecule has 34 heavy (non-hydrogen) atoms. The van der Waals surface area contributed by atoms with Crippen molar-refractivity contribution in [3.05, 3.63) is 57.6 Å². The highest BCUT2D eigenvalue weighted by Crippen LogP contribution is 2.38. The minimum absolute atomic E-state index is 0.102. The zero-order chi connectivity index (χ0) is 25.0. The Labute approximate surface area is 204 Å². The maximum atomic E-state index is 13.1. The highest BCUT2D eigenvalue weighted by molar-refractivity contribution is 9.10. The molecule has 1 fully saturated rings. The zero-order valence-electron chi connectivity index (χ0n) is 19.0. The summed E-state index contributed by atoms with van der Waals surface area (Å²) in [6.07, 6.45) is 1.26. The number of nitrogens with one attached hydrogen (secondary N) is 1. The van der Waals surface area contributed by atoms with Gasteiger partial charge in [0.1, 0.15) is 5.57 Å². The summed E-state index contributed by atoms with van der Waals surface area (Å²) in [6, 6.07) is 8.11. The number of benzene rings is 2. The lowest BCUT2D eigenvalue weighted by Crippen LogP contribution is -2.54. The second-order valence-corrected chi connectivity index (χ2v) is 8.28. The topological polar surface area (TPSA) is 111 Å². The number of amides is 4. The van der Waals surface area contributed by atoms with Crippen molar-refractivity contribution < 1.29 is 33.4 Å². The van der Waals surface area contributed by atoms with Crippen LogP contribution in [0.1, 0.15) is 36.7 Å². The second kappa shape index (κ2) is 10.5. The fourth-order valence-corrected chi connectivity index (χ4v) is 3.75. The molecule has 178 valence electrons. The Balaban J connectivity index is 1.96. The van der Waals surface area contributed by atoms with Crippen LogP contribution in [0, 0.1) is 0 Å². The molecule has 1 saturated heterocycles. The van der Waals surface area contributed by atoms with Gasteiger partial charge in [0, 0.05) is 0 Å². The Hall–Kier alpha value is -3.66. The lowest BCUT2D eigenvalue weighted by molar-refractivity contribution is -0.122. The van der Waals surface area contributed by atoms with Crippen LogP contribution in [0.4, 0.5) is 10.5 Å². The van der Waals surface area contributed by atoms with E-state index in [0.717, 1.165) is 4.90 Å². The number of methoxy groups -OCH3 is 1. The molecule has 0 aromatic heterocycles. The third-order valence-corrected chi connectivity index (χ3v) is 5.24. The zero-order valence-corrected chi connectivity index (χ0v) is 20.6. The molecule has 0 saturated carbocycles.